The lowest BCUT2D eigenvalue weighted by molar-refractivity contribution is 0.0582. The Bertz CT molecular complexity index is 1280. The zero-order valence-electron chi connectivity index (χ0n) is 18.6. The summed E-state index contributed by atoms with van der Waals surface area (Å²) in [5, 5.41) is 12.4. The summed E-state index contributed by atoms with van der Waals surface area (Å²) in [6.45, 7) is 0.123. The monoisotopic (exact) mass is 485 g/mol. The van der Waals surface area contributed by atoms with Crippen molar-refractivity contribution in [2.75, 3.05) is 20.3 Å². The lowest BCUT2D eigenvalue weighted by atomic mass is 9.88. The summed E-state index contributed by atoms with van der Waals surface area (Å²) in [7, 11) is 1.43. The topological polar surface area (TPSA) is 105 Å². The van der Waals surface area contributed by atoms with Gasteiger partial charge in [-0.2, -0.15) is 0 Å². The van der Waals surface area contributed by atoms with Crippen LogP contribution in [0, 0.1) is 17.5 Å². The van der Waals surface area contributed by atoms with E-state index in [1.807, 2.05) is 0 Å². The van der Waals surface area contributed by atoms with Gasteiger partial charge >= 0.3 is 6.03 Å². The van der Waals surface area contributed by atoms with Crippen molar-refractivity contribution in [2.24, 2.45) is 5.73 Å². The summed E-state index contributed by atoms with van der Waals surface area (Å²) in [5.41, 5.74) is 6.30. The maximum atomic E-state index is 13.7. The van der Waals surface area contributed by atoms with Gasteiger partial charge in [0.25, 0.3) is 5.91 Å². The largest absolute Gasteiger partial charge is 0.508 e. The zero-order valence-corrected chi connectivity index (χ0v) is 18.6. The number of rotatable bonds is 7. The first-order valence-corrected chi connectivity index (χ1v) is 10.6. The highest BCUT2D eigenvalue weighted by Gasteiger charge is 2.40. The maximum absolute atomic E-state index is 13.7. The number of fused-ring (bicyclic) bond motifs is 1. The Morgan fingerprint density at radius 2 is 1.74 bits per heavy atom. The Hall–Kier alpha value is -4.05. The first-order chi connectivity index (χ1) is 16.6. The Labute approximate surface area is 198 Å². The number of nitrogens with two attached hydrogens (primary N) is 1. The quantitative estimate of drug-likeness (QED) is 0.445. The molecular formula is C25H22F3N3O4. The number of nitrogens with one attached hydrogen (secondary N) is 1. The molecule has 3 amide bonds. The van der Waals surface area contributed by atoms with Crippen molar-refractivity contribution < 1.29 is 32.6 Å². The molecule has 1 atom stereocenters. The van der Waals surface area contributed by atoms with Crippen molar-refractivity contribution in [2.45, 2.75) is 12.1 Å². The normalized spacial score (nSPS) is 14.5. The van der Waals surface area contributed by atoms with Gasteiger partial charge in [0.1, 0.15) is 11.3 Å². The number of halogens is 3. The summed E-state index contributed by atoms with van der Waals surface area (Å²) in [4.78, 5) is 26.5. The number of methoxy groups -OCH3 is 1. The number of hydrogen-bond acceptors (Lipinski definition) is 4. The van der Waals surface area contributed by atoms with Gasteiger partial charge in [0.15, 0.2) is 17.5 Å². The molecular weight excluding hydrogens is 463 g/mol. The number of amides is 3. The molecule has 0 spiro atoms. The molecule has 3 aromatic carbocycles. The van der Waals surface area contributed by atoms with E-state index in [4.69, 9.17) is 10.5 Å². The highest BCUT2D eigenvalue weighted by atomic mass is 19.2. The van der Waals surface area contributed by atoms with Crippen LogP contribution in [-0.2, 0) is 16.8 Å². The number of benzene rings is 3. The summed E-state index contributed by atoms with van der Waals surface area (Å²) < 4.78 is 46.1. The van der Waals surface area contributed by atoms with Gasteiger partial charge in [-0.05, 0) is 52.6 Å². The number of phenols is 1. The molecule has 3 aromatic rings. The Morgan fingerprint density at radius 1 is 1.09 bits per heavy atom. The molecule has 0 saturated heterocycles. The van der Waals surface area contributed by atoms with Gasteiger partial charge in [-0.25, -0.2) is 18.0 Å². The van der Waals surface area contributed by atoms with Crippen LogP contribution >= 0.6 is 0 Å². The van der Waals surface area contributed by atoms with E-state index in [2.05, 4.69) is 5.32 Å². The average molecular weight is 485 g/mol. The second kappa shape index (κ2) is 9.30. The van der Waals surface area contributed by atoms with Gasteiger partial charge in [0.2, 0.25) is 0 Å². The molecule has 0 radical (unpaired) electrons. The minimum Gasteiger partial charge on any atom is -0.508 e. The molecule has 1 aliphatic heterocycles. The summed E-state index contributed by atoms with van der Waals surface area (Å²) in [6, 6.07) is 11.7. The number of ether oxygens (including phenoxy) is 1. The van der Waals surface area contributed by atoms with E-state index in [1.54, 1.807) is 24.3 Å². The summed E-state index contributed by atoms with van der Waals surface area (Å²) >= 11 is 0. The smallest absolute Gasteiger partial charge is 0.313 e. The molecule has 4 rings (SSSR count). The van der Waals surface area contributed by atoms with Gasteiger partial charge in [-0.1, -0.05) is 24.3 Å². The Balaban J connectivity index is 1.70. The molecule has 0 aliphatic carbocycles. The average Bonchev–Trinajstić information content (AvgIpc) is 3.10. The fourth-order valence-electron chi connectivity index (χ4n) is 4.38. The molecule has 0 fully saturated rings. The number of aromatic hydroxyl groups is 1. The molecule has 0 bridgehead atoms. The van der Waals surface area contributed by atoms with E-state index in [9.17, 15) is 27.9 Å². The number of carbonyl (C=O) groups excluding carboxylic acids is 2. The summed E-state index contributed by atoms with van der Waals surface area (Å²) in [5.74, 6) is -4.45. The molecule has 1 aliphatic rings. The van der Waals surface area contributed by atoms with E-state index >= 15 is 0 Å². The number of primary amides is 1. The predicted molar refractivity (Wildman–Crippen MR) is 121 cm³/mol. The van der Waals surface area contributed by atoms with Crippen molar-refractivity contribution in [3.8, 4) is 16.9 Å². The molecule has 0 saturated carbocycles. The van der Waals surface area contributed by atoms with E-state index in [-0.39, 0.29) is 36.9 Å². The molecule has 10 heteroatoms. The van der Waals surface area contributed by atoms with Crippen LogP contribution in [0.3, 0.4) is 0 Å². The van der Waals surface area contributed by atoms with Crippen LogP contribution in [0.1, 0.15) is 21.5 Å². The van der Waals surface area contributed by atoms with Crippen LogP contribution in [0.25, 0.3) is 11.1 Å². The van der Waals surface area contributed by atoms with Crippen molar-refractivity contribution in [3.63, 3.8) is 0 Å². The third-order valence-electron chi connectivity index (χ3n) is 5.94. The molecule has 7 nitrogen and oxygen atoms in total. The van der Waals surface area contributed by atoms with Crippen molar-refractivity contribution in [1.29, 1.82) is 0 Å². The standard InChI is InChI=1S/C25H22F3N3O4/c1-35-13-25(30-24(29)34,12-31-11-16-8-18(32)6-7-19(16)23(31)33)17-4-2-14(3-5-17)15-9-20(26)22(28)21(27)10-15/h2-10,32H,11-13H2,1H3,(H3,29,30,34). The van der Waals surface area contributed by atoms with Crippen LogP contribution in [0.4, 0.5) is 18.0 Å². The number of nitrogens with zero attached hydrogens (tertiary/aromatic N) is 1. The second-order valence-electron chi connectivity index (χ2n) is 8.34. The van der Waals surface area contributed by atoms with Crippen molar-refractivity contribution in [1.82, 2.24) is 10.2 Å². The molecule has 0 aromatic heterocycles. The minimum atomic E-state index is -1.56. The van der Waals surface area contributed by atoms with E-state index in [0.29, 0.717) is 22.3 Å². The maximum Gasteiger partial charge on any atom is 0.313 e. The van der Waals surface area contributed by atoms with Crippen LogP contribution in [0.2, 0.25) is 0 Å². The second-order valence-corrected chi connectivity index (χ2v) is 8.34. The third kappa shape index (κ3) is 4.65. The van der Waals surface area contributed by atoms with Gasteiger partial charge in [0, 0.05) is 19.2 Å². The van der Waals surface area contributed by atoms with Crippen LogP contribution in [0.5, 0.6) is 5.75 Å². The SMILES string of the molecule is COCC(CN1Cc2cc(O)ccc2C1=O)(NC(N)=O)c1ccc(-c2cc(F)c(F)c(F)c2)cc1. The highest BCUT2D eigenvalue weighted by Crippen LogP contribution is 2.32. The number of hydrogen-bond donors (Lipinski definition) is 3. The molecule has 182 valence electrons. The van der Waals surface area contributed by atoms with Crippen LogP contribution < -0.4 is 11.1 Å². The first-order valence-electron chi connectivity index (χ1n) is 10.6. The fraction of sp³-hybridized carbons (Fsp3) is 0.200. The molecule has 1 unspecified atom stereocenters. The van der Waals surface area contributed by atoms with Crippen LogP contribution in [-0.4, -0.2) is 42.2 Å². The van der Waals surface area contributed by atoms with Crippen molar-refractivity contribution >= 4 is 11.9 Å². The molecule has 1 heterocycles. The fourth-order valence-corrected chi connectivity index (χ4v) is 4.38. The number of phenolic OH excluding ortho intramolecular Hbond substituents is 1. The number of carbonyl (C=O) groups is 2. The Kier molecular flexibility index (Phi) is 6.40. The predicted octanol–water partition coefficient (Wildman–Crippen LogP) is 3.64. The molecule has 35 heavy (non-hydrogen) atoms. The Morgan fingerprint density at radius 3 is 2.34 bits per heavy atom. The van der Waals surface area contributed by atoms with Gasteiger partial charge in [0.05, 0.1) is 13.2 Å². The van der Waals surface area contributed by atoms with Gasteiger partial charge in [-0.15, -0.1) is 0 Å². The van der Waals surface area contributed by atoms with Crippen molar-refractivity contribution in [3.05, 3.63) is 88.7 Å². The minimum absolute atomic E-state index is 0.0167. The lowest BCUT2D eigenvalue weighted by Crippen LogP contribution is -2.57. The molecule has 4 N–H and O–H groups in total. The van der Waals surface area contributed by atoms with Gasteiger partial charge in [-0.3, -0.25) is 4.79 Å². The van der Waals surface area contributed by atoms with Gasteiger partial charge < -0.3 is 25.8 Å². The lowest BCUT2D eigenvalue weighted by Gasteiger charge is -2.37. The number of urea groups is 1. The highest BCUT2D eigenvalue weighted by molar-refractivity contribution is 5.98. The van der Waals surface area contributed by atoms with Crippen LogP contribution in [0.15, 0.2) is 54.6 Å². The first kappa shape index (κ1) is 24.1. The zero-order chi connectivity index (χ0) is 25.3. The summed E-state index contributed by atoms with van der Waals surface area (Å²) in [6.07, 6.45) is 0. The third-order valence-corrected chi connectivity index (χ3v) is 5.94. The van der Waals surface area contributed by atoms with E-state index < -0.39 is 29.0 Å². The van der Waals surface area contributed by atoms with E-state index in [1.165, 1.54) is 30.2 Å². The van der Waals surface area contributed by atoms with E-state index in [0.717, 1.165) is 12.1 Å².